The molecule has 6 N–H and O–H groups in total. The number of carbonyl (C=O) groups excluding carboxylic acids is 4. The van der Waals surface area contributed by atoms with Gasteiger partial charge in [-0.05, 0) is 85.5 Å². The molecule has 5 rings (SSSR count). The zero-order chi connectivity index (χ0) is 35.2. The summed E-state index contributed by atoms with van der Waals surface area (Å²) in [6.45, 7) is 3.18. The molecular weight excluding hydrogens is 628 g/mol. The van der Waals surface area contributed by atoms with E-state index in [4.69, 9.17) is 9.94 Å². The lowest BCUT2D eigenvalue weighted by atomic mass is 9.45. The number of rotatable bonds is 11. The van der Waals surface area contributed by atoms with E-state index in [1.165, 1.54) is 18.2 Å². The number of aliphatic hydroxyl groups excluding tert-OH is 2. The van der Waals surface area contributed by atoms with Crippen molar-refractivity contribution in [3.8, 4) is 0 Å². The Labute approximate surface area is 277 Å². The summed E-state index contributed by atoms with van der Waals surface area (Å²) in [6, 6.07) is 3.01. The number of fused-ring (bicyclic) bond motifs is 5. The Bertz CT molecular complexity index is 1510. The third-order valence-corrected chi connectivity index (χ3v) is 11.8. The first-order valence-electron chi connectivity index (χ1n) is 16.3. The van der Waals surface area contributed by atoms with Crippen molar-refractivity contribution in [3.63, 3.8) is 0 Å². The van der Waals surface area contributed by atoms with Crippen LogP contribution >= 0.6 is 0 Å². The van der Waals surface area contributed by atoms with Crippen molar-refractivity contribution >= 4 is 35.1 Å². The number of nitrogens with one attached hydrogen (secondary N) is 1. The van der Waals surface area contributed by atoms with E-state index in [0.29, 0.717) is 19.3 Å². The van der Waals surface area contributed by atoms with Crippen molar-refractivity contribution in [2.24, 2.45) is 28.6 Å². The van der Waals surface area contributed by atoms with Gasteiger partial charge in [-0.1, -0.05) is 31.6 Å². The molecular formula is C34H43N2O12-. The molecule has 262 valence electrons. The second-order valence-electron chi connectivity index (χ2n) is 14.3. The number of benzene rings is 1. The van der Waals surface area contributed by atoms with Crippen LogP contribution in [0.15, 0.2) is 35.9 Å². The van der Waals surface area contributed by atoms with Crippen LogP contribution in [0.25, 0.3) is 0 Å². The van der Waals surface area contributed by atoms with E-state index < -0.39 is 77.6 Å². The zero-order valence-corrected chi connectivity index (χ0v) is 27.0. The molecule has 0 spiro atoms. The van der Waals surface area contributed by atoms with Gasteiger partial charge in [-0.25, -0.2) is 4.79 Å². The maximum absolute atomic E-state index is 13.5. The van der Waals surface area contributed by atoms with Crippen LogP contribution in [0.4, 0.5) is 5.69 Å². The average molecular weight is 672 g/mol. The van der Waals surface area contributed by atoms with Crippen molar-refractivity contribution < 1.29 is 54.3 Å². The molecule has 0 aromatic heterocycles. The summed E-state index contributed by atoms with van der Waals surface area (Å²) >= 11 is 0. The minimum Gasteiger partial charge on any atom is -0.733 e. The second kappa shape index (κ2) is 13.3. The van der Waals surface area contributed by atoms with Gasteiger partial charge in [-0.15, -0.1) is 0 Å². The van der Waals surface area contributed by atoms with Gasteiger partial charge in [0.1, 0.15) is 11.7 Å². The van der Waals surface area contributed by atoms with E-state index in [1.807, 2.05) is 6.92 Å². The third-order valence-electron chi connectivity index (χ3n) is 11.8. The van der Waals surface area contributed by atoms with Gasteiger partial charge in [-0.3, -0.25) is 24.4 Å². The zero-order valence-electron chi connectivity index (χ0n) is 27.0. The number of hydrogen-bond acceptors (Lipinski definition) is 12. The van der Waals surface area contributed by atoms with Crippen molar-refractivity contribution in [2.75, 3.05) is 11.8 Å². The van der Waals surface area contributed by atoms with Crippen LogP contribution in [0.5, 0.6) is 0 Å². The normalized spacial score (nSPS) is 33.6. The molecule has 0 heterocycles. The Morgan fingerprint density at radius 2 is 1.85 bits per heavy atom. The Morgan fingerprint density at radius 1 is 1.12 bits per heavy atom. The number of esters is 1. The quantitative estimate of drug-likeness (QED) is 0.146. The number of aliphatic hydroxyl groups is 3. The monoisotopic (exact) mass is 671 g/mol. The number of carboxylic acids is 1. The van der Waals surface area contributed by atoms with Gasteiger partial charge < -0.3 is 40.9 Å². The van der Waals surface area contributed by atoms with Gasteiger partial charge in [0.25, 0.3) is 0 Å². The van der Waals surface area contributed by atoms with Gasteiger partial charge in [-0.2, -0.15) is 0 Å². The summed E-state index contributed by atoms with van der Waals surface area (Å²) in [5.41, 5.74) is -2.40. The molecule has 3 saturated carbocycles. The van der Waals surface area contributed by atoms with Crippen LogP contribution < -0.4 is 10.5 Å². The average Bonchev–Trinajstić information content (AvgIpc) is 3.31. The standard InChI is InChI=1S/C34H43N2O12/c1-32-12-10-21(37)15-19(32)6-7-22-23-11-13-34(45,33(23,2)16-24(38)28(22)32)25(39)17-48-27(41)9-8-26(40)35-29(31(43)44)30(42)18-4-3-5-20(14-18)36(46)47/h3-5,14-15,22-24,28-30,38,42,45-46H,6-13,16-17H2,1-2H3,(H,35,40)(H,43,44)/q-1/t22-,23+,24+,28-,29+,30-,32+,33-,34+/m1/s1. The Hall–Kier alpha value is -3.69. The molecule has 1 amide bonds. The number of amides is 1. The summed E-state index contributed by atoms with van der Waals surface area (Å²) in [4.78, 5) is 62.4. The second-order valence-corrected chi connectivity index (χ2v) is 14.3. The molecule has 1 aromatic carbocycles. The number of hydrogen-bond donors (Lipinski definition) is 6. The van der Waals surface area contributed by atoms with Gasteiger partial charge in [0, 0.05) is 18.3 Å². The van der Waals surface area contributed by atoms with E-state index in [9.17, 15) is 49.6 Å². The molecule has 9 atom stereocenters. The molecule has 0 radical (unpaired) electrons. The van der Waals surface area contributed by atoms with Gasteiger partial charge in [0.2, 0.25) is 11.7 Å². The summed E-state index contributed by atoms with van der Waals surface area (Å²) in [7, 11) is 0. The van der Waals surface area contributed by atoms with Gasteiger partial charge in [0.05, 0.1) is 18.2 Å². The number of carbonyl (C=O) groups is 5. The number of anilines is 1. The van der Waals surface area contributed by atoms with Crippen LogP contribution in [0, 0.1) is 33.8 Å². The van der Waals surface area contributed by atoms with Crippen molar-refractivity contribution in [1.29, 1.82) is 0 Å². The minimum atomic E-state index is -1.85. The van der Waals surface area contributed by atoms with Crippen LogP contribution in [-0.2, 0) is 28.7 Å². The summed E-state index contributed by atoms with van der Waals surface area (Å²) in [6.07, 6.45) is 1.53. The fraction of sp³-hybridized carbons (Fsp3) is 0.618. The Kier molecular flexibility index (Phi) is 9.88. The minimum absolute atomic E-state index is 0.0464. The number of nitrogens with zero attached hydrogens (tertiary/aromatic N) is 1. The molecule has 0 saturated heterocycles. The topological polar surface area (TPSA) is 234 Å². The van der Waals surface area contributed by atoms with Crippen molar-refractivity contribution in [1.82, 2.24) is 5.32 Å². The fourth-order valence-corrected chi connectivity index (χ4v) is 9.24. The summed E-state index contributed by atoms with van der Waals surface area (Å²) < 4.78 is 5.14. The van der Waals surface area contributed by atoms with Crippen molar-refractivity contribution in [3.05, 3.63) is 46.7 Å². The molecule has 14 nitrogen and oxygen atoms in total. The van der Waals surface area contributed by atoms with E-state index in [0.717, 1.165) is 24.5 Å². The first-order valence-corrected chi connectivity index (χ1v) is 16.3. The molecule has 0 bridgehead atoms. The van der Waals surface area contributed by atoms with Gasteiger partial charge >= 0.3 is 11.9 Å². The van der Waals surface area contributed by atoms with Crippen LogP contribution in [0.2, 0.25) is 0 Å². The number of carboxylic acid groups (broad SMARTS) is 1. The molecule has 0 aliphatic heterocycles. The first kappa shape index (κ1) is 35.6. The number of ketones is 2. The molecule has 4 aliphatic carbocycles. The number of allylic oxidation sites excluding steroid dienone is 1. The van der Waals surface area contributed by atoms with Crippen LogP contribution in [0.3, 0.4) is 0 Å². The van der Waals surface area contributed by atoms with E-state index in [1.54, 1.807) is 6.08 Å². The molecule has 4 aliphatic rings. The maximum Gasteiger partial charge on any atom is 0.329 e. The molecule has 0 unspecified atom stereocenters. The highest BCUT2D eigenvalue weighted by Gasteiger charge is 2.68. The van der Waals surface area contributed by atoms with Gasteiger partial charge in [0.15, 0.2) is 18.4 Å². The van der Waals surface area contributed by atoms with Crippen LogP contribution in [0.1, 0.15) is 83.3 Å². The molecule has 48 heavy (non-hydrogen) atoms. The lowest BCUT2D eigenvalue weighted by molar-refractivity contribution is -0.184. The fourth-order valence-electron chi connectivity index (χ4n) is 9.24. The predicted octanol–water partition coefficient (Wildman–Crippen LogP) is 2.11. The highest BCUT2D eigenvalue weighted by atomic mass is 16.8. The van der Waals surface area contributed by atoms with Crippen molar-refractivity contribution in [2.45, 2.75) is 95.5 Å². The van der Waals surface area contributed by atoms with E-state index in [-0.39, 0.29) is 53.0 Å². The Balaban J connectivity index is 1.16. The van der Waals surface area contributed by atoms with E-state index >= 15 is 0 Å². The van der Waals surface area contributed by atoms with E-state index in [2.05, 4.69) is 12.2 Å². The molecule has 1 aromatic rings. The molecule has 14 heteroatoms. The highest BCUT2D eigenvalue weighted by molar-refractivity contribution is 5.92. The SMILES string of the molecule is C[C@]12CCC(=O)C=C1CC[C@H]1[C@@H]2[C@@H](O)C[C@]2(C)[C@H]1CC[C@]2(O)C(=O)COC(=O)CCC(=O)N[C@H](C(=O)O)[C@H](O)c1cccc(N([O-])O)c1. The third kappa shape index (κ3) is 6.27. The number of Topliss-reactive ketones (excluding diaryl/α,β-unsaturated/α-hetero) is 1. The van der Waals surface area contributed by atoms with Crippen LogP contribution in [-0.4, -0.2) is 79.4 Å². The number of ether oxygens (including phenoxy) is 1. The smallest absolute Gasteiger partial charge is 0.329 e. The maximum atomic E-state index is 13.5. The largest absolute Gasteiger partial charge is 0.733 e. The Morgan fingerprint density at radius 3 is 2.54 bits per heavy atom. The molecule has 3 fully saturated rings. The highest BCUT2D eigenvalue weighted by Crippen LogP contribution is 2.67. The lowest BCUT2D eigenvalue weighted by Crippen LogP contribution is -2.62. The number of aliphatic carboxylic acids is 1. The summed E-state index contributed by atoms with van der Waals surface area (Å²) in [5, 5.41) is 65.3. The lowest BCUT2D eigenvalue weighted by Gasteiger charge is -2.60. The first-order chi connectivity index (χ1) is 22.5. The summed E-state index contributed by atoms with van der Waals surface area (Å²) in [5.74, 6) is -4.14. The predicted molar refractivity (Wildman–Crippen MR) is 167 cm³/mol.